The summed E-state index contributed by atoms with van der Waals surface area (Å²) in [6, 6.07) is 4.67. The maximum Gasteiger partial charge on any atom is 0.0774 e. The van der Waals surface area contributed by atoms with Crippen LogP contribution in [0.5, 0.6) is 0 Å². The Kier molecular flexibility index (Phi) is 4.82. The number of rotatable bonds is 5. The van der Waals surface area contributed by atoms with E-state index in [-0.39, 0.29) is 0 Å². The number of aliphatic hydroxyl groups is 1. The molecule has 0 aromatic carbocycles. The van der Waals surface area contributed by atoms with Gasteiger partial charge in [-0.2, -0.15) is 0 Å². The molecule has 0 radical (unpaired) electrons. The Morgan fingerprint density at radius 3 is 3.06 bits per heavy atom. The first-order chi connectivity index (χ1) is 8.63. The topological polar surface area (TPSA) is 32.3 Å². The fraction of sp³-hybridized carbons (Fsp3) is 0.733. The van der Waals surface area contributed by atoms with Crippen LogP contribution in [0.15, 0.2) is 17.5 Å². The number of hydrogen-bond acceptors (Lipinski definition) is 3. The van der Waals surface area contributed by atoms with Crippen molar-refractivity contribution in [3.63, 3.8) is 0 Å². The molecule has 2 N–H and O–H groups in total. The molecule has 1 saturated carbocycles. The first kappa shape index (κ1) is 14.0. The molecule has 2 rings (SSSR count). The quantitative estimate of drug-likeness (QED) is 0.852. The smallest absolute Gasteiger partial charge is 0.0774 e. The molecular weight excluding hydrogens is 242 g/mol. The van der Waals surface area contributed by atoms with Crippen molar-refractivity contribution in [1.29, 1.82) is 0 Å². The molecule has 102 valence electrons. The van der Waals surface area contributed by atoms with Crippen LogP contribution in [-0.4, -0.2) is 17.3 Å². The van der Waals surface area contributed by atoms with Gasteiger partial charge in [0.2, 0.25) is 0 Å². The van der Waals surface area contributed by atoms with Crippen LogP contribution in [0.2, 0.25) is 0 Å². The summed E-state index contributed by atoms with van der Waals surface area (Å²) in [6.45, 7) is 5.18. The number of hydrogen-bond donors (Lipinski definition) is 2. The second-order valence-corrected chi connectivity index (χ2v) is 6.76. The van der Waals surface area contributed by atoms with E-state index >= 15 is 0 Å². The van der Waals surface area contributed by atoms with Gasteiger partial charge in [0, 0.05) is 17.5 Å². The molecule has 18 heavy (non-hydrogen) atoms. The third kappa shape index (κ3) is 3.56. The van der Waals surface area contributed by atoms with Crippen molar-refractivity contribution in [2.24, 2.45) is 5.92 Å². The Hall–Kier alpha value is -0.380. The zero-order valence-corrected chi connectivity index (χ0v) is 12.3. The molecule has 0 aliphatic heterocycles. The molecule has 0 saturated heterocycles. The van der Waals surface area contributed by atoms with Crippen LogP contribution in [0.4, 0.5) is 0 Å². The molecule has 0 spiro atoms. The fourth-order valence-electron chi connectivity index (χ4n) is 3.04. The Morgan fingerprint density at radius 2 is 2.44 bits per heavy atom. The summed E-state index contributed by atoms with van der Waals surface area (Å²) in [5.41, 5.74) is -0.484. The predicted octanol–water partition coefficient (Wildman–Crippen LogP) is 3.73. The van der Waals surface area contributed by atoms with Gasteiger partial charge in [-0.3, -0.25) is 0 Å². The summed E-state index contributed by atoms with van der Waals surface area (Å²) in [4.78, 5) is 1.38. The SMILES string of the molecule is CCC(NCC1(O)CCCC(C)C1)c1cccs1. The van der Waals surface area contributed by atoms with E-state index in [0.29, 0.717) is 12.0 Å². The second kappa shape index (κ2) is 6.18. The van der Waals surface area contributed by atoms with Gasteiger partial charge in [0.1, 0.15) is 0 Å². The summed E-state index contributed by atoms with van der Waals surface area (Å²) in [5.74, 6) is 0.660. The van der Waals surface area contributed by atoms with E-state index in [0.717, 1.165) is 32.2 Å². The average molecular weight is 267 g/mol. The zero-order valence-electron chi connectivity index (χ0n) is 11.5. The van der Waals surface area contributed by atoms with E-state index in [4.69, 9.17) is 0 Å². The van der Waals surface area contributed by atoms with E-state index in [1.54, 1.807) is 11.3 Å². The van der Waals surface area contributed by atoms with E-state index < -0.39 is 5.60 Å². The Morgan fingerprint density at radius 1 is 1.61 bits per heavy atom. The minimum Gasteiger partial charge on any atom is -0.389 e. The molecule has 3 unspecified atom stereocenters. The fourth-order valence-corrected chi connectivity index (χ4v) is 3.93. The van der Waals surface area contributed by atoms with Crippen LogP contribution in [0.3, 0.4) is 0 Å². The molecule has 1 aliphatic rings. The van der Waals surface area contributed by atoms with Crippen LogP contribution in [0, 0.1) is 5.92 Å². The predicted molar refractivity (Wildman–Crippen MR) is 77.9 cm³/mol. The van der Waals surface area contributed by atoms with Gasteiger partial charge >= 0.3 is 0 Å². The van der Waals surface area contributed by atoms with Gasteiger partial charge in [0.25, 0.3) is 0 Å². The second-order valence-electron chi connectivity index (χ2n) is 5.78. The van der Waals surface area contributed by atoms with Crippen molar-refractivity contribution < 1.29 is 5.11 Å². The Balaban J connectivity index is 1.89. The minimum atomic E-state index is -0.484. The van der Waals surface area contributed by atoms with E-state index in [9.17, 15) is 5.11 Å². The molecule has 1 heterocycles. The maximum atomic E-state index is 10.6. The number of nitrogens with one attached hydrogen (secondary N) is 1. The highest BCUT2D eigenvalue weighted by atomic mass is 32.1. The van der Waals surface area contributed by atoms with Gasteiger partial charge in [-0.25, -0.2) is 0 Å². The molecule has 1 aliphatic carbocycles. The van der Waals surface area contributed by atoms with Gasteiger partial charge < -0.3 is 10.4 Å². The first-order valence-corrected chi connectivity index (χ1v) is 8.00. The lowest BCUT2D eigenvalue weighted by molar-refractivity contribution is -0.0138. The third-order valence-corrected chi connectivity index (χ3v) is 5.03. The Labute approximate surface area is 114 Å². The van der Waals surface area contributed by atoms with Crippen molar-refractivity contribution in [3.8, 4) is 0 Å². The average Bonchev–Trinajstić information content (AvgIpc) is 2.83. The lowest BCUT2D eigenvalue weighted by Gasteiger charge is -2.36. The number of thiophene rings is 1. The van der Waals surface area contributed by atoms with Crippen molar-refractivity contribution in [2.45, 2.75) is 57.6 Å². The molecule has 3 atom stereocenters. The van der Waals surface area contributed by atoms with Gasteiger partial charge in [0.05, 0.1) is 5.60 Å². The summed E-state index contributed by atoms with van der Waals surface area (Å²) in [5, 5.41) is 16.3. The minimum absolute atomic E-state index is 0.395. The molecule has 1 fully saturated rings. The lowest BCUT2D eigenvalue weighted by atomic mass is 9.79. The summed E-state index contributed by atoms with van der Waals surface area (Å²) in [6.07, 6.45) is 5.40. The van der Waals surface area contributed by atoms with E-state index in [2.05, 4.69) is 36.7 Å². The Bertz CT molecular complexity index is 351. The molecule has 2 nitrogen and oxygen atoms in total. The molecule has 0 amide bonds. The largest absolute Gasteiger partial charge is 0.389 e. The molecule has 1 aromatic rings. The normalized spacial score (nSPS) is 30.3. The summed E-state index contributed by atoms with van der Waals surface area (Å²) in [7, 11) is 0. The molecule has 1 aromatic heterocycles. The standard InChI is InChI=1S/C15H25NOS/c1-3-13(14-7-5-9-18-14)16-11-15(17)8-4-6-12(2)10-15/h5,7,9,12-13,16-17H,3-4,6,8,10-11H2,1-2H3. The van der Waals surface area contributed by atoms with Crippen LogP contribution >= 0.6 is 11.3 Å². The highest BCUT2D eigenvalue weighted by Gasteiger charge is 2.32. The maximum absolute atomic E-state index is 10.6. The molecular formula is C15H25NOS. The summed E-state index contributed by atoms with van der Waals surface area (Å²) >= 11 is 1.80. The highest BCUT2D eigenvalue weighted by molar-refractivity contribution is 7.10. The van der Waals surface area contributed by atoms with Crippen molar-refractivity contribution in [3.05, 3.63) is 22.4 Å². The van der Waals surface area contributed by atoms with Crippen LogP contribution in [0.25, 0.3) is 0 Å². The summed E-state index contributed by atoms with van der Waals surface area (Å²) < 4.78 is 0. The van der Waals surface area contributed by atoms with E-state index in [1.807, 2.05) is 0 Å². The van der Waals surface area contributed by atoms with Crippen LogP contribution in [0.1, 0.15) is 56.9 Å². The third-order valence-electron chi connectivity index (χ3n) is 4.04. The van der Waals surface area contributed by atoms with Gasteiger partial charge in [-0.15, -0.1) is 11.3 Å². The van der Waals surface area contributed by atoms with Crippen LogP contribution < -0.4 is 5.32 Å². The first-order valence-electron chi connectivity index (χ1n) is 7.12. The van der Waals surface area contributed by atoms with Crippen molar-refractivity contribution >= 4 is 11.3 Å². The zero-order chi connectivity index (χ0) is 13.0. The van der Waals surface area contributed by atoms with Gasteiger partial charge in [-0.1, -0.05) is 32.8 Å². The monoisotopic (exact) mass is 267 g/mol. The van der Waals surface area contributed by atoms with E-state index in [1.165, 1.54) is 11.3 Å². The van der Waals surface area contributed by atoms with Crippen LogP contribution in [-0.2, 0) is 0 Å². The van der Waals surface area contributed by atoms with Crippen molar-refractivity contribution in [1.82, 2.24) is 5.32 Å². The molecule has 3 heteroatoms. The van der Waals surface area contributed by atoms with Gasteiger partial charge in [0.15, 0.2) is 0 Å². The molecule has 0 bridgehead atoms. The van der Waals surface area contributed by atoms with Crippen molar-refractivity contribution in [2.75, 3.05) is 6.54 Å². The van der Waals surface area contributed by atoms with Gasteiger partial charge in [-0.05, 0) is 36.6 Å². The lowest BCUT2D eigenvalue weighted by Crippen LogP contribution is -2.44. The highest BCUT2D eigenvalue weighted by Crippen LogP contribution is 2.32.